The van der Waals surface area contributed by atoms with Gasteiger partial charge in [0.2, 0.25) is 0 Å². The Morgan fingerprint density at radius 2 is 1.86 bits per heavy atom. The van der Waals surface area contributed by atoms with Gasteiger partial charge in [-0.25, -0.2) is 4.68 Å². The maximum atomic E-state index is 9.73. The second kappa shape index (κ2) is 7.98. The lowest BCUT2D eigenvalue weighted by Crippen LogP contribution is -2.02. The summed E-state index contributed by atoms with van der Waals surface area (Å²) in [5.41, 5.74) is 7.97. The Balaban J connectivity index is 2.18. The fourth-order valence-electron chi connectivity index (χ4n) is 2.76. The van der Waals surface area contributed by atoms with E-state index in [-0.39, 0.29) is 22.6 Å². The first-order chi connectivity index (χ1) is 13.6. The molecule has 0 amide bonds. The van der Waals surface area contributed by atoms with E-state index in [0.29, 0.717) is 22.7 Å². The van der Waals surface area contributed by atoms with Gasteiger partial charge in [0.1, 0.15) is 40.7 Å². The third-order valence-corrected chi connectivity index (χ3v) is 4.15. The van der Waals surface area contributed by atoms with E-state index in [0.717, 1.165) is 0 Å². The van der Waals surface area contributed by atoms with Gasteiger partial charge in [-0.2, -0.15) is 15.6 Å². The number of nitriles is 2. The predicted molar refractivity (Wildman–Crippen MR) is 106 cm³/mol. The normalized spacial score (nSPS) is 10.8. The topological polar surface area (TPSA) is 110 Å². The van der Waals surface area contributed by atoms with Crippen molar-refractivity contribution in [3.8, 4) is 29.3 Å². The number of aromatic nitrogens is 2. The summed E-state index contributed by atoms with van der Waals surface area (Å²) < 4.78 is 12.0. The molecule has 0 aliphatic carbocycles. The minimum atomic E-state index is 0.138. The van der Waals surface area contributed by atoms with E-state index in [1.54, 1.807) is 31.4 Å². The molecule has 1 aromatic heterocycles. The van der Waals surface area contributed by atoms with Gasteiger partial charge in [-0.05, 0) is 36.4 Å². The first-order valence-corrected chi connectivity index (χ1v) is 8.31. The highest BCUT2D eigenvalue weighted by Crippen LogP contribution is 2.31. The lowest BCUT2D eigenvalue weighted by molar-refractivity contribution is 0.402. The summed E-state index contributed by atoms with van der Waals surface area (Å²) in [4.78, 5) is 0. The molecular weight excluding hydrogens is 354 g/mol. The van der Waals surface area contributed by atoms with E-state index in [1.807, 2.05) is 36.4 Å². The number of hydrogen-bond donors (Lipinski definition) is 1. The molecule has 7 heteroatoms. The summed E-state index contributed by atoms with van der Waals surface area (Å²) in [5.74, 6) is 1.34. The molecule has 0 spiro atoms. The first-order valence-electron chi connectivity index (χ1n) is 8.31. The Bertz CT molecular complexity index is 1120. The van der Waals surface area contributed by atoms with Crippen molar-refractivity contribution in [3.63, 3.8) is 0 Å². The molecule has 28 heavy (non-hydrogen) atoms. The lowest BCUT2D eigenvalue weighted by Gasteiger charge is -2.07. The number of nitrogen functional groups attached to an aromatic ring is 1. The fraction of sp³-hybridized carbons (Fsp3) is 0.0952. The highest BCUT2D eigenvalue weighted by molar-refractivity contribution is 5.92. The SMILES string of the molecule is COc1ccc(OC)c(C=C(C#N)c2nn(-c3ccccc3)c(N)c2C#N)c1. The highest BCUT2D eigenvalue weighted by atomic mass is 16.5. The van der Waals surface area contributed by atoms with Crippen molar-refractivity contribution < 1.29 is 9.47 Å². The highest BCUT2D eigenvalue weighted by Gasteiger charge is 2.20. The summed E-state index contributed by atoms with van der Waals surface area (Å²) >= 11 is 0. The zero-order valence-electron chi connectivity index (χ0n) is 15.4. The molecule has 0 radical (unpaired) electrons. The smallest absolute Gasteiger partial charge is 0.145 e. The molecule has 0 saturated heterocycles. The molecule has 2 aromatic carbocycles. The van der Waals surface area contributed by atoms with E-state index >= 15 is 0 Å². The first kappa shape index (κ1) is 18.6. The summed E-state index contributed by atoms with van der Waals surface area (Å²) in [6, 6.07) is 18.6. The van der Waals surface area contributed by atoms with Crippen LogP contribution in [-0.4, -0.2) is 24.0 Å². The van der Waals surface area contributed by atoms with Crippen LogP contribution in [0.25, 0.3) is 17.3 Å². The maximum Gasteiger partial charge on any atom is 0.145 e. The number of nitrogens with two attached hydrogens (primary N) is 1. The number of benzene rings is 2. The van der Waals surface area contributed by atoms with Gasteiger partial charge in [-0.1, -0.05) is 18.2 Å². The van der Waals surface area contributed by atoms with Crippen LogP contribution in [0.15, 0.2) is 48.5 Å². The Morgan fingerprint density at radius 3 is 2.46 bits per heavy atom. The molecule has 3 rings (SSSR count). The zero-order valence-corrected chi connectivity index (χ0v) is 15.4. The van der Waals surface area contributed by atoms with Gasteiger partial charge in [-0.3, -0.25) is 0 Å². The minimum absolute atomic E-state index is 0.138. The summed E-state index contributed by atoms with van der Waals surface area (Å²) in [6.45, 7) is 0. The number of anilines is 1. The van der Waals surface area contributed by atoms with Gasteiger partial charge >= 0.3 is 0 Å². The van der Waals surface area contributed by atoms with Crippen molar-refractivity contribution in [1.82, 2.24) is 9.78 Å². The van der Waals surface area contributed by atoms with Gasteiger partial charge in [-0.15, -0.1) is 0 Å². The predicted octanol–water partition coefficient (Wildman–Crippen LogP) is 3.41. The number of rotatable bonds is 5. The lowest BCUT2D eigenvalue weighted by atomic mass is 10.1. The molecule has 2 N–H and O–H groups in total. The van der Waals surface area contributed by atoms with Crippen LogP contribution in [-0.2, 0) is 0 Å². The van der Waals surface area contributed by atoms with E-state index in [9.17, 15) is 10.5 Å². The molecule has 0 atom stereocenters. The summed E-state index contributed by atoms with van der Waals surface area (Å²) in [7, 11) is 3.09. The average molecular weight is 371 g/mol. The standard InChI is InChI=1S/C21H17N5O2/c1-27-17-8-9-19(28-2)14(11-17)10-15(12-22)20-18(13-23)21(24)26(25-20)16-6-4-3-5-7-16/h3-11H,24H2,1-2H3. The van der Waals surface area contributed by atoms with Crippen LogP contribution in [0.5, 0.6) is 11.5 Å². The quantitative estimate of drug-likeness (QED) is 0.688. The molecule has 3 aromatic rings. The molecule has 0 unspecified atom stereocenters. The number of methoxy groups -OCH3 is 2. The molecular formula is C21H17N5O2. The van der Waals surface area contributed by atoms with Crippen molar-refractivity contribution in [2.24, 2.45) is 0 Å². The van der Waals surface area contributed by atoms with Crippen LogP contribution < -0.4 is 15.2 Å². The van der Waals surface area contributed by atoms with Crippen LogP contribution in [0.2, 0.25) is 0 Å². The van der Waals surface area contributed by atoms with Crippen LogP contribution in [0.1, 0.15) is 16.8 Å². The molecule has 0 fully saturated rings. The minimum Gasteiger partial charge on any atom is -0.497 e. The van der Waals surface area contributed by atoms with Crippen molar-refractivity contribution in [1.29, 1.82) is 10.5 Å². The Kier molecular flexibility index (Phi) is 5.29. The Hall–Kier alpha value is -4.23. The molecule has 0 aliphatic heterocycles. The van der Waals surface area contributed by atoms with Crippen molar-refractivity contribution in [2.45, 2.75) is 0 Å². The van der Waals surface area contributed by atoms with E-state index in [2.05, 4.69) is 11.2 Å². The Labute approximate surface area is 162 Å². The molecule has 1 heterocycles. The second-order valence-electron chi connectivity index (χ2n) is 5.75. The van der Waals surface area contributed by atoms with Crippen molar-refractivity contribution in [2.75, 3.05) is 20.0 Å². The molecule has 7 nitrogen and oxygen atoms in total. The van der Waals surface area contributed by atoms with E-state index in [1.165, 1.54) is 11.8 Å². The van der Waals surface area contributed by atoms with Crippen LogP contribution in [0.4, 0.5) is 5.82 Å². The van der Waals surface area contributed by atoms with Crippen LogP contribution in [0.3, 0.4) is 0 Å². The number of hydrogen-bond acceptors (Lipinski definition) is 6. The largest absolute Gasteiger partial charge is 0.497 e. The number of para-hydroxylation sites is 1. The maximum absolute atomic E-state index is 9.73. The average Bonchev–Trinajstić information content (AvgIpc) is 3.08. The molecule has 0 saturated carbocycles. The number of allylic oxidation sites excluding steroid dienone is 1. The number of nitrogens with zero attached hydrogens (tertiary/aromatic N) is 4. The fourth-order valence-corrected chi connectivity index (χ4v) is 2.76. The summed E-state index contributed by atoms with van der Waals surface area (Å²) in [5, 5.41) is 23.7. The van der Waals surface area contributed by atoms with Gasteiger partial charge in [0.05, 0.1) is 25.5 Å². The van der Waals surface area contributed by atoms with Crippen molar-refractivity contribution >= 4 is 17.5 Å². The summed E-state index contributed by atoms with van der Waals surface area (Å²) in [6.07, 6.45) is 1.60. The Morgan fingerprint density at radius 1 is 1.11 bits per heavy atom. The van der Waals surface area contributed by atoms with Gasteiger partial charge < -0.3 is 15.2 Å². The van der Waals surface area contributed by atoms with Crippen LogP contribution in [0, 0.1) is 22.7 Å². The van der Waals surface area contributed by atoms with Crippen LogP contribution >= 0.6 is 0 Å². The zero-order chi connectivity index (χ0) is 20.1. The monoisotopic (exact) mass is 371 g/mol. The van der Waals surface area contributed by atoms with Gasteiger partial charge in [0.15, 0.2) is 0 Å². The second-order valence-corrected chi connectivity index (χ2v) is 5.75. The molecule has 0 aliphatic rings. The van der Waals surface area contributed by atoms with Gasteiger partial charge in [0, 0.05) is 5.56 Å². The van der Waals surface area contributed by atoms with Gasteiger partial charge in [0.25, 0.3) is 0 Å². The third-order valence-electron chi connectivity index (χ3n) is 4.15. The van der Waals surface area contributed by atoms with E-state index in [4.69, 9.17) is 15.2 Å². The third kappa shape index (κ3) is 3.37. The molecule has 0 bridgehead atoms. The molecule has 138 valence electrons. The van der Waals surface area contributed by atoms with Crippen molar-refractivity contribution in [3.05, 3.63) is 65.4 Å². The van der Waals surface area contributed by atoms with E-state index < -0.39 is 0 Å². The number of ether oxygens (including phenoxy) is 2.